The molecule has 0 aliphatic heterocycles. The molecule has 0 amide bonds. The molecule has 3 rings (SSSR count). The highest BCUT2D eigenvalue weighted by molar-refractivity contribution is 6.05. The van der Waals surface area contributed by atoms with Crippen LogP contribution in [-0.2, 0) is 0 Å². The lowest BCUT2D eigenvalue weighted by atomic mass is 10.1. The van der Waals surface area contributed by atoms with E-state index in [1.165, 1.54) is 12.1 Å². The van der Waals surface area contributed by atoms with Gasteiger partial charge in [-0.25, -0.2) is 4.79 Å². The third-order valence-corrected chi connectivity index (χ3v) is 2.71. The van der Waals surface area contributed by atoms with Gasteiger partial charge < -0.3 is 14.6 Å². The van der Waals surface area contributed by atoms with E-state index in [1.807, 2.05) is 6.07 Å². The molecule has 0 bridgehead atoms. The van der Waals surface area contributed by atoms with E-state index in [0.29, 0.717) is 11.0 Å². The molecule has 0 aliphatic carbocycles. The molecule has 0 spiro atoms. The first kappa shape index (κ1) is 9.72. The van der Waals surface area contributed by atoms with E-state index in [0.717, 1.165) is 5.39 Å². The number of rotatable bonds is 0. The van der Waals surface area contributed by atoms with Crippen molar-refractivity contribution in [3.8, 4) is 11.5 Å². The maximum absolute atomic E-state index is 11.7. The van der Waals surface area contributed by atoms with E-state index >= 15 is 0 Å². The normalized spacial score (nSPS) is 11.1. The molecule has 2 aromatic carbocycles. The van der Waals surface area contributed by atoms with Gasteiger partial charge in [0.05, 0.1) is 5.39 Å². The van der Waals surface area contributed by atoms with Gasteiger partial charge in [0.15, 0.2) is 11.5 Å². The van der Waals surface area contributed by atoms with Crippen molar-refractivity contribution in [1.82, 2.24) is 0 Å². The van der Waals surface area contributed by atoms with Crippen molar-refractivity contribution >= 4 is 21.7 Å². The Morgan fingerprint density at radius 3 is 2.29 bits per heavy atom. The third-order valence-electron chi connectivity index (χ3n) is 2.71. The standard InChI is InChI=1S/C13H8O4/c14-10-5-8-7-3-1-2-4-12(7)17-13(16)9(8)6-11(10)15/h1-6,14-15H. The zero-order chi connectivity index (χ0) is 12.0. The highest BCUT2D eigenvalue weighted by Crippen LogP contribution is 2.32. The van der Waals surface area contributed by atoms with Crippen LogP contribution in [-0.4, -0.2) is 10.2 Å². The second-order valence-electron chi connectivity index (χ2n) is 3.77. The molecule has 1 heterocycles. The Bertz CT molecular complexity index is 786. The van der Waals surface area contributed by atoms with Gasteiger partial charge in [-0.2, -0.15) is 0 Å². The molecule has 0 aliphatic rings. The average Bonchev–Trinajstić information content (AvgIpc) is 2.32. The Morgan fingerprint density at radius 1 is 0.882 bits per heavy atom. The van der Waals surface area contributed by atoms with Gasteiger partial charge in [-0.1, -0.05) is 18.2 Å². The minimum Gasteiger partial charge on any atom is -0.504 e. The molecule has 0 radical (unpaired) electrons. The molecular formula is C13H8O4. The highest BCUT2D eigenvalue weighted by Gasteiger charge is 2.10. The molecule has 3 aromatic rings. The third kappa shape index (κ3) is 1.34. The SMILES string of the molecule is O=c1oc2ccccc2c2cc(O)c(O)cc12. The van der Waals surface area contributed by atoms with E-state index in [2.05, 4.69) is 0 Å². The molecular weight excluding hydrogens is 220 g/mol. The van der Waals surface area contributed by atoms with Crippen LogP contribution >= 0.6 is 0 Å². The first-order valence-corrected chi connectivity index (χ1v) is 5.04. The fourth-order valence-corrected chi connectivity index (χ4v) is 1.90. The molecule has 2 N–H and O–H groups in total. The van der Waals surface area contributed by atoms with Crippen LogP contribution in [0, 0.1) is 0 Å². The quantitative estimate of drug-likeness (QED) is 0.352. The lowest BCUT2D eigenvalue weighted by Crippen LogP contribution is -1.99. The predicted molar refractivity (Wildman–Crippen MR) is 63.3 cm³/mol. The van der Waals surface area contributed by atoms with Crippen molar-refractivity contribution in [2.45, 2.75) is 0 Å². The molecule has 17 heavy (non-hydrogen) atoms. The van der Waals surface area contributed by atoms with Crippen molar-refractivity contribution in [1.29, 1.82) is 0 Å². The van der Waals surface area contributed by atoms with E-state index in [9.17, 15) is 15.0 Å². The summed E-state index contributed by atoms with van der Waals surface area (Å²) in [5.41, 5.74) is -0.0795. The summed E-state index contributed by atoms with van der Waals surface area (Å²) in [6.07, 6.45) is 0. The van der Waals surface area contributed by atoms with Crippen LogP contribution in [0.15, 0.2) is 45.6 Å². The fraction of sp³-hybridized carbons (Fsp3) is 0. The Kier molecular flexibility index (Phi) is 1.86. The van der Waals surface area contributed by atoms with Gasteiger partial charge in [-0.3, -0.25) is 0 Å². The first-order chi connectivity index (χ1) is 8.16. The molecule has 0 saturated carbocycles. The molecule has 0 unspecified atom stereocenters. The second-order valence-corrected chi connectivity index (χ2v) is 3.77. The van der Waals surface area contributed by atoms with Crippen molar-refractivity contribution in [3.63, 3.8) is 0 Å². The van der Waals surface area contributed by atoms with Gasteiger partial charge >= 0.3 is 5.63 Å². The van der Waals surface area contributed by atoms with E-state index < -0.39 is 5.63 Å². The van der Waals surface area contributed by atoms with E-state index in [-0.39, 0.29) is 16.9 Å². The summed E-state index contributed by atoms with van der Waals surface area (Å²) in [5, 5.41) is 20.4. The number of phenols is 2. The first-order valence-electron chi connectivity index (χ1n) is 5.04. The smallest absolute Gasteiger partial charge is 0.344 e. The molecule has 84 valence electrons. The monoisotopic (exact) mass is 228 g/mol. The van der Waals surface area contributed by atoms with E-state index in [4.69, 9.17) is 4.42 Å². The zero-order valence-electron chi connectivity index (χ0n) is 8.68. The van der Waals surface area contributed by atoms with Crippen LogP contribution in [0.1, 0.15) is 0 Å². The topological polar surface area (TPSA) is 70.7 Å². The number of benzene rings is 2. The van der Waals surface area contributed by atoms with Gasteiger partial charge in [0.25, 0.3) is 0 Å². The van der Waals surface area contributed by atoms with Crippen molar-refractivity contribution < 1.29 is 14.6 Å². The van der Waals surface area contributed by atoms with Crippen LogP contribution in [0.25, 0.3) is 21.7 Å². The van der Waals surface area contributed by atoms with Crippen LogP contribution in [0.5, 0.6) is 11.5 Å². The van der Waals surface area contributed by atoms with Crippen LogP contribution in [0.4, 0.5) is 0 Å². The summed E-state index contributed by atoms with van der Waals surface area (Å²) in [5.74, 6) is -0.590. The Labute approximate surface area is 95.3 Å². The molecule has 0 fully saturated rings. The van der Waals surface area contributed by atoms with Gasteiger partial charge in [0, 0.05) is 10.8 Å². The van der Waals surface area contributed by atoms with Gasteiger partial charge in [-0.05, 0) is 18.2 Å². The minimum absolute atomic E-state index is 0.249. The number of hydrogen-bond acceptors (Lipinski definition) is 4. The van der Waals surface area contributed by atoms with Crippen LogP contribution in [0.3, 0.4) is 0 Å². The van der Waals surface area contributed by atoms with Gasteiger partial charge in [0.1, 0.15) is 5.58 Å². The van der Waals surface area contributed by atoms with Gasteiger partial charge in [-0.15, -0.1) is 0 Å². The van der Waals surface area contributed by atoms with Crippen molar-refractivity contribution in [2.24, 2.45) is 0 Å². The molecule has 0 saturated heterocycles. The summed E-state index contributed by atoms with van der Waals surface area (Å²) in [7, 11) is 0. The molecule has 1 aromatic heterocycles. The Hall–Kier alpha value is -2.49. The van der Waals surface area contributed by atoms with Crippen LogP contribution < -0.4 is 5.63 Å². The highest BCUT2D eigenvalue weighted by atomic mass is 16.4. The summed E-state index contributed by atoms with van der Waals surface area (Å²) in [6, 6.07) is 9.62. The number of para-hydroxylation sites is 1. The lowest BCUT2D eigenvalue weighted by molar-refractivity contribution is 0.404. The summed E-state index contributed by atoms with van der Waals surface area (Å²) in [4.78, 5) is 11.7. The Balaban J connectivity index is 2.65. The van der Waals surface area contributed by atoms with E-state index in [1.54, 1.807) is 18.2 Å². The zero-order valence-corrected chi connectivity index (χ0v) is 8.68. The van der Waals surface area contributed by atoms with Crippen molar-refractivity contribution in [2.75, 3.05) is 0 Å². The largest absolute Gasteiger partial charge is 0.504 e. The predicted octanol–water partition coefficient (Wildman–Crippen LogP) is 2.36. The number of phenolic OH excluding ortho intramolecular Hbond substituents is 2. The Morgan fingerprint density at radius 2 is 1.53 bits per heavy atom. The summed E-state index contributed by atoms with van der Waals surface area (Å²) in [6.45, 7) is 0. The average molecular weight is 228 g/mol. The number of aromatic hydroxyl groups is 2. The second kappa shape index (κ2) is 3.25. The van der Waals surface area contributed by atoms with Crippen molar-refractivity contribution in [3.05, 3.63) is 46.8 Å². The molecule has 4 nitrogen and oxygen atoms in total. The summed E-state index contributed by atoms with van der Waals surface area (Å²) < 4.78 is 5.12. The fourth-order valence-electron chi connectivity index (χ4n) is 1.90. The lowest BCUT2D eigenvalue weighted by Gasteiger charge is -2.04. The molecule has 4 heteroatoms. The number of fused-ring (bicyclic) bond motifs is 3. The van der Waals surface area contributed by atoms with Crippen LogP contribution in [0.2, 0.25) is 0 Å². The minimum atomic E-state index is -0.533. The molecule has 0 atom stereocenters. The number of hydrogen-bond donors (Lipinski definition) is 2. The maximum Gasteiger partial charge on any atom is 0.344 e. The maximum atomic E-state index is 11.7. The van der Waals surface area contributed by atoms with Gasteiger partial charge in [0.2, 0.25) is 0 Å². The summed E-state index contributed by atoms with van der Waals surface area (Å²) >= 11 is 0.